The minimum atomic E-state index is -1.95. The molecule has 0 saturated carbocycles. The highest BCUT2D eigenvalue weighted by molar-refractivity contribution is 6.50. The highest BCUT2D eigenvalue weighted by Crippen LogP contribution is 2.21. The molecule has 17 heavy (non-hydrogen) atoms. The van der Waals surface area contributed by atoms with Crippen molar-refractivity contribution in [1.29, 1.82) is 0 Å². The van der Waals surface area contributed by atoms with Gasteiger partial charge in [-0.1, -0.05) is 24.3 Å². The molecule has 0 fully saturated rings. The van der Waals surface area contributed by atoms with Gasteiger partial charge >= 0.3 is 0 Å². The molecule has 0 aliphatic carbocycles. The normalized spacial score (nSPS) is 12.1. The molecule has 0 saturated heterocycles. The molecule has 0 atom stereocenters. The van der Waals surface area contributed by atoms with Gasteiger partial charge in [0.25, 0.3) is 5.97 Å². The van der Waals surface area contributed by atoms with E-state index < -0.39 is 16.6 Å². The third-order valence-electron chi connectivity index (χ3n) is 2.35. The molecular weight excluding hydrogens is 211 g/mol. The molecule has 0 aromatic heterocycles. The van der Waals surface area contributed by atoms with Gasteiger partial charge in [0, 0.05) is 10.6 Å². The molecule has 0 amide bonds. The first kappa shape index (κ1) is 14.0. The first-order chi connectivity index (χ1) is 7.69. The number of rotatable bonds is 3. The van der Waals surface area contributed by atoms with Crippen LogP contribution in [0.2, 0.25) is 0 Å². The number of hydrogen-bond donors (Lipinski definition) is 1. The van der Waals surface area contributed by atoms with Gasteiger partial charge in [-0.15, -0.1) is 0 Å². The fourth-order valence-corrected chi connectivity index (χ4v) is 1.30. The summed E-state index contributed by atoms with van der Waals surface area (Å²) >= 11 is 0. The zero-order valence-electron chi connectivity index (χ0n) is 9.38. The number of methoxy groups -OCH3 is 1. The minimum absolute atomic E-state index is 0.266. The molecule has 1 N–H and O–H groups in total. The molecule has 78 valence electrons. The lowest BCUT2D eigenvalue weighted by Crippen LogP contribution is -2.38. The van der Waals surface area contributed by atoms with E-state index in [1.165, 1.54) is 31.4 Å². The van der Waals surface area contributed by atoms with E-state index in [-0.39, 0.29) is 5.56 Å². The average molecular weight is 219 g/mol. The number of benzene rings is 1. The number of carbonyl (C=O) groups excluding carboxylic acids is 1. The van der Waals surface area contributed by atoms with Crippen LogP contribution in [0, 0.1) is 0 Å². The minimum Gasteiger partial charge on any atom is -0.469 e. The number of ether oxygens (including phenoxy) is 1. The second-order valence-corrected chi connectivity index (χ2v) is 3.76. The molecular formula is C10H8B4O3. The molecule has 0 aliphatic heterocycles. The van der Waals surface area contributed by atoms with E-state index in [1.807, 2.05) is 0 Å². The van der Waals surface area contributed by atoms with Gasteiger partial charge in [0.05, 0.1) is 22.8 Å². The van der Waals surface area contributed by atoms with Gasteiger partial charge in [-0.2, -0.15) is 0 Å². The Balaban J connectivity index is 3.07. The monoisotopic (exact) mass is 220 g/mol. The molecule has 3 nitrogen and oxygen atoms in total. The Morgan fingerprint density at radius 2 is 1.53 bits per heavy atom. The highest BCUT2D eigenvalue weighted by atomic mass is 16.5. The predicted octanol–water partition coefficient (Wildman–Crippen LogP) is -1.21. The maximum atomic E-state index is 11.3. The molecule has 1 aromatic rings. The van der Waals surface area contributed by atoms with Crippen LogP contribution in [0.3, 0.4) is 0 Å². The standard InChI is InChI=1S/C10H8B4O3/c1-17-8(15)9(11,12)6-2-4-7(5-3-6)10(13,14)16/h2-5,16H,1H3. The summed E-state index contributed by atoms with van der Waals surface area (Å²) in [6.07, 6.45) is 0. The molecule has 1 aromatic carbocycles. The van der Waals surface area contributed by atoms with Crippen molar-refractivity contribution < 1.29 is 14.6 Å². The summed E-state index contributed by atoms with van der Waals surface area (Å²) in [5.41, 5.74) is 0.583. The van der Waals surface area contributed by atoms with Crippen LogP contribution in [0.15, 0.2) is 24.3 Å². The van der Waals surface area contributed by atoms with Gasteiger partial charge in [0.15, 0.2) is 0 Å². The van der Waals surface area contributed by atoms with Gasteiger partial charge in [0.2, 0.25) is 0 Å². The van der Waals surface area contributed by atoms with Crippen molar-refractivity contribution in [3.8, 4) is 0 Å². The molecule has 1 rings (SSSR count). The fourth-order valence-electron chi connectivity index (χ4n) is 1.30. The van der Waals surface area contributed by atoms with Crippen LogP contribution in [0.25, 0.3) is 0 Å². The van der Waals surface area contributed by atoms with Crippen LogP contribution in [-0.4, -0.2) is 49.6 Å². The second kappa shape index (κ2) is 4.65. The zero-order chi connectivity index (χ0) is 13.3. The van der Waals surface area contributed by atoms with Crippen LogP contribution in [0.5, 0.6) is 0 Å². The highest BCUT2D eigenvalue weighted by Gasteiger charge is 2.29. The van der Waals surface area contributed by atoms with E-state index in [0.717, 1.165) is 0 Å². The summed E-state index contributed by atoms with van der Waals surface area (Å²) < 4.78 is 4.48. The Hall–Kier alpha value is -1.09. The summed E-state index contributed by atoms with van der Waals surface area (Å²) in [7, 11) is 23.0. The van der Waals surface area contributed by atoms with Gasteiger partial charge in [-0.05, 0) is 11.1 Å². The van der Waals surface area contributed by atoms with E-state index in [0.29, 0.717) is 5.56 Å². The smallest absolute Gasteiger partial charge is 0.298 e. The van der Waals surface area contributed by atoms with Crippen molar-refractivity contribution in [2.45, 2.75) is 10.6 Å². The number of hydrogen-bond acceptors (Lipinski definition) is 3. The lowest BCUT2D eigenvalue weighted by Gasteiger charge is -2.25. The van der Waals surface area contributed by atoms with Crippen molar-refractivity contribution in [2.75, 3.05) is 7.11 Å². The first-order valence-corrected chi connectivity index (χ1v) is 4.77. The Kier molecular flexibility index (Phi) is 3.82. The van der Waals surface area contributed by atoms with E-state index in [9.17, 15) is 9.90 Å². The molecule has 0 bridgehead atoms. The molecule has 8 radical (unpaired) electrons. The second-order valence-electron chi connectivity index (χ2n) is 3.76. The van der Waals surface area contributed by atoms with Crippen LogP contribution in [0.1, 0.15) is 11.1 Å². The predicted molar refractivity (Wildman–Crippen MR) is 67.0 cm³/mol. The SMILES string of the molecule is [B]C([B])(O)c1ccc(C([B])([B])C(=O)OC)cc1. The molecule has 0 aliphatic rings. The maximum Gasteiger partial charge on any atom is 0.298 e. The van der Waals surface area contributed by atoms with Crippen LogP contribution in [-0.2, 0) is 20.1 Å². The quantitative estimate of drug-likeness (QED) is 0.513. The summed E-state index contributed by atoms with van der Waals surface area (Å²) in [5.74, 6) is -0.777. The Bertz CT molecular complexity index is 409. The average Bonchev–Trinajstić information content (AvgIpc) is 2.27. The van der Waals surface area contributed by atoms with Crippen LogP contribution >= 0.6 is 0 Å². The van der Waals surface area contributed by atoms with Crippen molar-refractivity contribution in [3.63, 3.8) is 0 Å². The lowest BCUT2D eigenvalue weighted by atomic mass is 9.50. The number of carbonyl (C=O) groups is 1. The third kappa shape index (κ3) is 2.97. The summed E-state index contributed by atoms with van der Waals surface area (Å²) in [4.78, 5) is 11.3. The van der Waals surface area contributed by atoms with Crippen LogP contribution < -0.4 is 0 Å². The van der Waals surface area contributed by atoms with E-state index in [4.69, 9.17) is 31.4 Å². The Morgan fingerprint density at radius 3 is 1.88 bits per heavy atom. The Labute approximate surface area is 106 Å². The summed E-state index contributed by atoms with van der Waals surface area (Å²) in [6, 6.07) is 5.73. The first-order valence-electron chi connectivity index (χ1n) is 4.77. The van der Waals surface area contributed by atoms with Gasteiger partial charge < -0.3 is 9.84 Å². The topological polar surface area (TPSA) is 46.5 Å². The van der Waals surface area contributed by atoms with Crippen molar-refractivity contribution in [3.05, 3.63) is 35.4 Å². The molecule has 0 unspecified atom stereocenters. The number of aliphatic hydroxyl groups is 1. The van der Waals surface area contributed by atoms with E-state index >= 15 is 0 Å². The lowest BCUT2D eigenvalue weighted by molar-refractivity contribution is -0.141. The largest absolute Gasteiger partial charge is 0.469 e. The summed E-state index contributed by atoms with van der Waals surface area (Å²) in [6.45, 7) is 0. The van der Waals surface area contributed by atoms with Crippen molar-refractivity contribution >= 4 is 37.4 Å². The third-order valence-corrected chi connectivity index (χ3v) is 2.35. The molecule has 0 spiro atoms. The van der Waals surface area contributed by atoms with Crippen molar-refractivity contribution in [1.82, 2.24) is 0 Å². The maximum absolute atomic E-state index is 11.3. The Morgan fingerprint density at radius 1 is 1.12 bits per heavy atom. The summed E-state index contributed by atoms with van der Waals surface area (Å²) in [5, 5.41) is 5.64. The van der Waals surface area contributed by atoms with E-state index in [2.05, 4.69) is 4.74 Å². The van der Waals surface area contributed by atoms with Gasteiger partial charge in [-0.25, -0.2) is 0 Å². The van der Waals surface area contributed by atoms with Crippen molar-refractivity contribution in [2.24, 2.45) is 0 Å². The number of esters is 1. The van der Waals surface area contributed by atoms with E-state index in [1.54, 1.807) is 0 Å². The zero-order valence-corrected chi connectivity index (χ0v) is 9.38. The fraction of sp³-hybridized carbons (Fsp3) is 0.300. The van der Waals surface area contributed by atoms with Crippen LogP contribution in [0.4, 0.5) is 0 Å². The molecule has 0 heterocycles. The van der Waals surface area contributed by atoms with Gasteiger partial charge in [0.1, 0.15) is 15.7 Å². The molecule has 7 heteroatoms. The van der Waals surface area contributed by atoms with Gasteiger partial charge in [-0.3, -0.25) is 4.79 Å².